The minimum Gasteiger partial charge on any atom is -0.375 e. The van der Waals surface area contributed by atoms with Gasteiger partial charge in [0.25, 0.3) is 0 Å². The number of anilines is 1. The molecule has 1 saturated carbocycles. The summed E-state index contributed by atoms with van der Waals surface area (Å²) in [5.41, 5.74) is 7.94. The Labute approximate surface area is 109 Å². The summed E-state index contributed by atoms with van der Waals surface area (Å²) in [6.07, 6.45) is 4.77. The van der Waals surface area contributed by atoms with Crippen molar-refractivity contribution in [3.8, 4) is 10.6 Å². The lowest BCUT2D eigenvalue weighted by atomic mass is 10.2. The van der Waals surface area contributed by atoms with E-state index in [1.54, 1.807) is 0 Å². The number of hydrogen-bond donors (Lipinski definition) is 1. The second-order valence-corrected chi connectivity index (χ2v) is 6.34. The number of nitrogens with zero attached hydrogens (tertiary/aromatic N) is 2. The molecule has 2 aromatic heterocycles. The van der Waals surface area contributed by atoms with E-state index >= 15 is 0 Å². The van der Waals surface area contributed by atoms with Crippen molar-refractivity contribution < 1.29 is 0 Å². The molecule has 3 rings (SSSR count). The zero-order valence-electron chi connectivity index (χ0n) is 9.77. The molecule has 3 nitrogen and oxygen atoms in total. The Morgan fingerprint density at radius 3 is 2.82 bits per heavy atom. The first kappa shape index (κ1) is 11.2. The van der Waals surface area contributed by atoms with Crippen LogP contribution in [-0.2, 0) is 6.42 Å². The molecule has 2 heterocycles. The van der Waals surface area contributed by atoms with Crippen LogP contribution in [0.1, 0.15) is 42.8 Å². The molecule has 2 N–H and O–H groups in total. The number of aryl methyl sites for hydroxylation is 1. The number of nitrogens with two attached hydrogens (primary N) is 1. The summed E-state index contributed by atoms with van der Waals surface area (Å²) in [6.45, 7) is 2.19. The third-order valence-electron chi connectivity index (χ3n) is 2.88. The maximum absolute atomic E-state index is 5.71. The van der Waals surface area contributed by atoms with Crippen LogP contribution in [-0.4, -0.2) is 9.97 Å². The van der Waals surface area contributed by atoms with Crippen molar-refractivity contribution in [2.75, 3.05) is 5.73 Å². The summed E-state index contributed by atoms with van der Waals surface area (Å²) in [5, 5.41) is 3.98. The van der Waals surface area contributed by atoms with Crippen molar-refractivity contribution >= 4 is 27.8 Å². The van der Waals surface area contributed by atoms with Crippen LogP contribution < -0.4 is 5.73 Å². The number of thiazole rings is 2. The first-order valence-electron chi connectivity index (χ1n) is 5.99. The summed E-state index contributed by atoms with van der Waals surface area (Å²) in [7, 11) is 0. The normalized spacial score (nSPS) is 15.4. The number of hydrogen-bond acceptors (Lipinski definition) is 5. The second kappa shape index (κ2) is 4.38. The fourth-order valence-electron chi connectivity index (χ4n) is 1.87. The van der Waals surface area contributed by atoms with E-state index in [-0.39, 0.29) is 0 Å². The molecular formula is C12H15N3S2. The van der Waals surface area contributed by atoms with E-state index in [0.717, 1.165) is 24.5 Å². The van der Waals surface area contributed by atoms with Gasteiger partial charge in [0.15, 0.2) is 5.13 Å². The minimum atomic E-state index is 0.642. The first-order valence-corrected chi connectivity index (χ1v) is 7.68. The molecule has 0 bridgehead atoms. The van der Waals surface area contributed by atoms with Gasteiger partial charge in [0, 0.05) is 11.3 Å². The van der Waals surface area contributed by atoms with Crippen molar-refractivity contribution in [3.63, 3.8) is 0 Å². The maximum atomic E-state index is 5.71. The third kappa shape index (κ3) is 2.21. The first-order chi connectivity index (χ1) is 8.28. The van der Waals surface area contributed by atoms with Crippen LogP contribution in [0, 0.1) is 0 Å². The topological polar surface area (TPSA) is 51.8 Å². The van der Waals surface area contributed by atoms with Gasteiger partial charge in [-0.05, 0) is 19.3 Å². The Morgan fingerprint density at radius 1 is 1.41 bits per heavy atom. The molecule has 0 amide bonds. The van der Waals surface area contributed by atoms with Gasteiger partial charge < -0.3 is 5.73 Å². The Bertz CT molecular complexity index is 526. The molecule has 0 spiro atoms. The molecule has 90 valence electrons. The minimum absolute atomic E-state index is 0.642. The highest BCUT2D eigenvalue weighted by Crippen LogP contribution is 2.45. The molecular weight excluding hydrogens is 250 g/mol. The Hall–Kier alpha value is -0.940. The van der Waals surface area contributed by atoms with Crippen LogP contribution in [0.4, 0.5) is 5.13 Å². The van der Waals surface area contributed by atoms with Crippen LogP contribution in [0.5, 0.6) is 0 Å². The zero-order chi connectivity index (χ0) is 11.8. The van der Waals surface area contributed by atoms with Gasteiger partial charge in [0.1, 0.15) is 0 Å². The Kier molecular flexibility index (Phi) is 2.88. The molecule has 1 aliphatic carbocycles. The van der Waals surface area contributed by atoms with Crippen LogP contribution in [0.15, 0.2) is 5.38 Å². The molecule has 1 fully saturated rings. The molecule has 17 heavy (non-hydrogen) atoms. The van der Waals surface area contributed by atoms with Crippen LogP contribution in [0.25, 0.3) is 10.6 Å². The van der Waals surface area contributed by atoms with Gasteiger partial charge in [-0.3, -0.25) is 0 Å². The largest absolute Gasteiger partial charge is 0.375 e. The monoisotopic (exact) mass is 265 g/mol. The van der Waals surface area contributed by atoms with E-state index in [9.17, 15) is 0 Å². The average Bonchev–Trinajstić information content (AvgIpc) is 2.94. The number of rotatable bonds is 4. The van der Waals surface area contributed by atoms with Crippen LogP contribution >= 0.6 is 22.7 Å². The van der Waals surface area contributed by atoms with Crippen molar-refractivity contribution in [1.29, 1.82) is 0 Å². The SMILES string of the molecule is CCCc1nc(C2CC2)sc1-c1csc(N)n1. The predicted molar refractivity (Wildman–Crippen MR) is 73.6 cm³/mol. The predicted octanol–water partition coefficient (Wildman–Crippen LogP) is 3.68. The molecule has 0 unspecified atom stereocenters. The summed E-state index contributed by atoms with van der Waals surface area (Å²) in [5.74, 6) is 0.723. The average molecular weight is 265 g/mol. The van der Waals surface area contributed by atoms with Crippen molar-refractivity contribution in [2.45, 2.75) is 38.5 Å². The molecule has 5 heteroatoms. The van der Waals surface area contributed by atoms with Gasteiger partial charge in [-0.25, -0.2) is 9.97 Å². The maximum Gasteiger partial charge on any atom is 0.180 e. The summed E-state index contributed by atoms with van der Waals surface area (Å²) in [4.78, 5) is 10.4. The molecule has 1 aliphatic rings. The van der Waals surface area contributed by atoms with Crippen molar-refractivity contribution in [1.82, 2.24) is 9.97 Å². The molecule has 0 aliphatic heterocycles. The Balaban J connectivity index is 2.00. The van der Waals surface area contributed by atoms with Gasteiger partial charge in [0.2, 0.25) is 0 Å². The lowest BCUT2D eigenvalue weighted by molar-refractivity contribution is 0.880. The van der Waals surface area contributed by atoms with E-state index in [0.29, 0.717) is 5.13 Å². The van der Waals surface area contributed by atoms with E-state index in [1.165, 1.54) is 39.8 Å². The summed E-state index contributed by atoms with van der Waals surface area (Å²) < 4.78 is 0. The van der Waals surface area contributed by atoms with E-state index in [1.807, 2.05) is 16.7 Å². The Morgan fingerprint density at radius 2 is 2.24 bits per heavy atom. The lowest BCUT2D eigenvalue weighted by Crippen LogP contribution is -1.88. The van der Waals surface area contributed by atoms with Gasteiger partial charge in [0.05, 0.1) is 21.3 Å². The highest BCUT2D eigenvalue weighted by molar-refractivity contribution is 7.16. The fourth-order valence-corrected chi connectivity index (χ4v) is 3.74. The zero-order valence-corrected chi connectivity index (χ0v) is 11.4. The van der Waals surface area contributed by atoms with Gasteiger partial charge in [-0.15, -0.1) is 22.7 Å². The number of aromatic nitrogens is 2. The van der Waals surface area contributed by atoms with E-state index < -0.39 is 0 Å². The lowest BCUT2D eigenvalue weighted by Gasteiger charge is -1.95. The van der Waals surface area contributed by atoms with E-state index in [2.05, 4.69) is 11.9 Å². The van der Waals surface area contributed by atoms with Crippen LogP contribution in [0.3, 0.4) is 0 Å². The third-order valence-corrected chi connectivity index (χ3v) is 4.84. The molecule has 0 radical (unpaired) electrons. The van der Waals surface area contributed by atoms with Gasteiger partial charge >= 0.3 is 0 Å². The van der Waals surface area contributed by atoms with Gasteiger partial charge in [-0.1, -0.05) is 13.3 Å². The standard InChI is InChI=1S/C12H15N3S2/c1-2-3-8-10(9-6-16-12(13)15-9)17-11(14-8)7-4-5-7/h6-7H,2-5H2,1H3,(H2,13,15). The summed E-state index contributed by atoms with van der Waals surface area (Å²) >= 11 is 3.32. The van der Waals surface area contributed by atoms with Gasteiger partial charge in [-0.2, -0.15) is 0 Å². The molecule has 0 aromatic carbocycles. The summed E-state index contributed by atoms with van der Waals surface area (Å²) in [6, 6.07) is 0. The fraction of sp³-hybridized carbons (Fsp3) is 0.500. The second-order valence-electron chi connectivity index (χ2n) is 4.42. The molecule has 0 atom stereocenters. The van der Waals surface area contributed by atoms with Crippen molar-refractivity contribution in [3.05, 3.63) is 16.1 Å². The quantitative estimate of drug-likeness (QED) is 0.917. The number of nitrogen functional groups attached to an aromatic ring is 1. The highest BCUT2D eigenvalue weighted by atomic mass is 32.1. The van der Waals surface area contributed by atoms with E-state index in [4.69, 9.17) is 10.7 Å². The molecule has 2 aromatic rings. The smallest absolute Gasteiger partial charge is 0.180 e. The highest BCUT2D eigenvalue weighted by Gasteiger charge is 2.28. The molecule has 0 saturated heterocycles. The van der Waals surface area contributed by atoms with Crippen LogP contribution in [0.2, 0.25) is 0 Å². The van der Waals surface area contributed by atoms with Crippen molar-refractivity contribution in [2.24, 2.45) is 0 Å².